The number of allylic oxidation sites excluding steroid dienone is 1. The molecular weight excluding hydrogens is 474 g/mol. The molecule has 2 aliphatic carbocycles. The van der Waals surface area contributed by atoms with Crippen molar-refractivity contribution in [1.29, 1.82) is 0 Å². The zero-order chi connectivity index (χ0) is 24.6. The van der Waals surface area contributed by atoms with Gasteiger partial charge in [0.1, 0.15) is 17.6 Å². The first kappa shape index (κ1) is 23.6. The van der Waals surface area contributed by atoms with Crippen molar-refractivity contribution in [2.45, 2.75) is 63.3 Å². The van der Waals surface area contributed by atoms with Crippen molar-refractivity contribution in [3.63, 3.8) is 0 Å². The van der Waals surface area contributed by atoms with E-state index in [0.29, 0.717) is 30.2 Å². The second-order valence-corrected chi connectivity index (χ2v) is 10.1. The van der Waals surface area contributed by atoms with E-state index in [4.69, 9.17) is 11.5 Å². The van der Waals surface area contributed by atoms with Gasteiger partial charge in [0.15, 0.2) is 10.9 Å². The molecule has 1 saturated heterocycles. The van der Waals surface area contributed by atoms with Crippen LogP contribution in [-0.4, -0.2) is 39.3 Å². The molecule has 2 aromatic heterocycles. The largest absolute Gasteiger partial charge is 0.402 e. The molecule has 1 saturated carbocycles. The van der Waals surface area contributed by atoms with E-state index < -0.39 is 12.0 Å². The number of hydrogen-bond donors (Lipinski definition) is 3. The third-order valence-electron chi connectivity index (χ3n) is 6.86. The van der Waals surface area contributed by atoms with E-state index in [-0.39, 0.29) is 53.5 Å². The van der Waals surface area contributed by atoms with Crippen molar-refractivity contribution in [2.75, 3.05) is 16.8 Å². The fourth-order valence-corrected chi connectivity index (χ4v) is 5.60. The maximum Gasteiger partial charge on any atom is 0.290 e. The highest BCUT2D eigenvalue weighted by molar-refractivity contribution is 7.13. The van der Waals surface area contributed by atoms with Crippen LogP contribution in [0.5, 0.6) is 0 Å². The van der Waals surface area contributed by atoms with Crippen molar-refractivity contribution in [2.24, 2.45) is 22.4 Å². The number of halogens is 2. The van der Waals surface area contributed by atoms with Crippen LogP contribution in [0.15, 0.2) is 28.3 Å². The third-order valence-corrected chi connectivity index (χ3v) is 7.55. The normalized spacial score (nSPS) is 22.6. The Morgan fingerprint density at radius 3 is 2.77 bits per heavy atom. The van der Waals surface area contributed by atoms with Gasteiger partial charge in [-0.3, -0.25) is 4.79 Å². The van der Waals surface area contributed by atoms with Gasteiger partial charge in [0.25, 0.3) is 5.92 Å². The van der Waals surface area contributed by atoms with Crippen LogP contribution in [0, 0.1) is 5.92 Å². The number of carbonyl (C=O) groups excluding carboxylic acids is 1. The number of nitrogens with zero attached hydrogens (tertiary/aromatic N) is 5. The smallest absolute Gasteiger partial charge is 0.290 e. The van der Waals surface area contributed by atoms with Gasteiger partial charge in [0.2, 0.25) is 11.9 Å². The lowest BCUT2D eigenvalue weighted by Gasteiger charge is -2.24. The predicted octanol–water partition coefficient (Wildman–Crippen LogP) is 3.60. The molecule has 35 heavy (non-hydrogen) atoms. The summed E-state index contributed by atoms with van der Waals surface area (Å²) in [6.07, 6.45) is 8.47. The standard InChI is InChI=1S/C23H28F2N8OS/c24-23(25)8-7-14-18(23)30-21(31-19(14)29-17(27)12-15(26)13-4-1-2-5-13)33-10-3-6-16(33)20(34)32-22-28-9-11-35-22/h9,11-13,16H,1-8,10,26H2,(H,28,32,34)(H2,27,29,30,31)/b15-12-. The van der Waals surface area contributed by atoms with Crippen LogP contribution in [0.3, 0.4) is 0 Å². The van der Waals surface area contributed by atoms with Crippen molar-refractivity contribution in [1.82, 2.24) is 15.0 Å². The average Bonchev–Trinajstić information content (AvgIpc) is 3.61. The number of fused-ring (bicyclic) bond motifs is 1. The van der Waals surface area contributed by atoms with Gasteiger partial charge in [0, 0.05) is 35.8 Å². The number of anilines is 2. The summed E-state index contributed by atoms with van der Waals surface area (Å²) in [6.45, 7) is 0.466. The second kappa shape index (κ2) is 9.48. The van der Waals surface area contributed by atoms with E-state index in [0.717, 1.165) is 25.7 Å². The van der Waals surface area contributed by atoms with Crippen LogP contribution in [0.1, 0.15) is 56.2 Å². The van der Waals surface area contributed by atoms with Gasteiger partial charge in [-0.2, -0.15) is 13.8 Å². The van der Waals surface area contributed by atoms with Crippen LogP contribution in [0.25, 0.3) is 0 Å². The number of aromatic nitrogens is 3. The average molecular weight is 503 g/mol. The molecule has 5 N–H and O–H groups in total. The van der Waals surface area contributed by atoms with Gasteiger partial charge < -0.3 is 21.7 Å². The first-order valence-electron chi connectivity index (χ1n) is 11.9. The molecule has 2 aromatic rings. The number of thiazole rings is 1. The Kier molecular flexibility index (Phi) is 6.39. The van der Waals surface area contributed by atoms with Crippen molar-refractivity contribution < 1.29 is 13.6 Å². The zero-order valence-corrected chi connectivity index (χ0v) is 20.0. The lowest BCUT2D eigenvalue weighted by atomic mass is 10.0. The number of amides is 1. The van der Waals surface area contributed by atoms with Gasteiger partial charge in [-0.05, 0) is 44.1 Å². The van der Waals surface area contributed by atoms with E-state index in [2.05, 4.69) is 25.3 Å². The van der Waals surface area contributed by atoms with Crippen molar-refractivity contribution in [3.8, 4) is 0 Å². The Bertz CT molecular complexity index is 1160. The number of alkyl halides is 2. The molecule has 9 nitrogen and oxygen atoms in total. The molecule has 2 fully saturated rings. The fraction of sp³-hybridized carbons (Fsp3) is 0.522. The minimum atomic E-state index is -3.09. The Morgan fingerprint density at radius 2 is 2.03 bits per heavy atom. The molecule has 1 aliphatic heterocycles. The predicted molar refractivity (Wildman–Crippen MR) is 131 cm³/mol. The van der Waals surface area contributed by atoms with Crippen LogP contribution >= 0.6 is 11.3 Å². The Morgan fingerprint density at radius 1 is 1.23 bits per heavy atom. The summed E-state index contributed by atoms with van der Waals surface area (Å²) in [5.74, 6) is -2.81. The van der Waals surface area contributed by atoms with E-state index >= 15 is 0 Å². The quantitative estimate of drug-likeness (QED) is 0.406. The van der Waals surface area contributed by atoms with Crippen molar-refractivity contribution >= 4 is 40.0 Å². The molecule has 0 aromatic carbocycles. The van der Waals surface area contributed by atoms with Crippen LogP contribution in [-0.2, 0) is 17.1 Å². The third kappa shape index (κ3) is 4.84. The summed E-state index contributed by atoms with van der Waals surface area (Å²) in [5, 5.41) is 5.02. The lowest BCUT2D eigenvalue weighted by molar-refractivity contribution is -0.117. The molecule has 186 valence electrons. The Balaban J connectivity index is 1.47. The highest BCUT2D eigenvalue weighted by atomic mass is 32.1. The number of aliphatic imine (C=N–C) groups is 1. The van der Waals surface area contributed by atoms with E-state index in [1.54, 1.807) is 22.6 Å². The van der Waals surface area contributed by atoms with Gasteiger partial charge in [0.05, 0.1) is 0 Å². The highest BCUT2D eigenvalue weighted by Crippen LogP contribution is 2.44. The number of hydrogen-bond acceptors (Lipinski definition) is 8. The number of nitrogens with one attached hydrogen (secondary N) is 1. The molecule has 3 aliphatic rings. The highest BCUT2D eigenvalue weighted by Gasteiger charge is 2.44. The zero-order valence-electron chi connectivity index (χ0n) is 19.2. The number of rotatable bonds is 6. The van der Waals surface area contributed by atoms with Crippen LogP contribution < -0.4 is 21.7 Å². The summed E-state index contributed by atoms with van der Waals surface area (Å²) in [6, 6.07) is -0.598. The van der Waals surface area contributed by atoms with Gasteiger partial charge in [-0.25, -0.2) is 15.0 Å². The first-order valence-corrected chi connectivity index (χ1v) is 12.8. The molecule has 5 rings (SSSR count). The molecular formula is C23H28F2N8OS. The molecule has 1 atom stereocenters. The van der Waals surface area contributed by atoms with E-state index in [1.807, 2.05) is 0 Å². The van der Waals surface area contributed by atoms with Gasteiger partial charge >= 0.3 is 0 Å². The minimum Gasteiger partial charge on any atom is -0.402 e. The molecule has 0 radical (unpaired) electrons. The Hall–Kier alpha value is -3.15. The lowest BCUT2D eigenvalue weighted by Crippen LogP contribution is -2.40. The van der Waals surface area contributed by atoms with Crippen LogP contribution in [0.2, 0.25) is 0 Å². The number of nitrogens with two attached hydrogens (primary N) is 2. The van der Waals surface area contributed by atoms with E-state index in [1.165, 1.54) is 11.3 Å². The molecule has 3 heterocycles. The molecule has 0 spiro atoms. The summed E-state index contributed by atoms with van der Waals surface area (Å²) >= 11 is 1.31. The SMILES string of the molecule is NC(/C=C(\N)C1CCCC1)=Nc1nc(N2CCCC2C(=O)Nc2nccs2)nc2c1CCC2(F)F. The Labute approximate surface area is 205 Å². The summed E-state index contributed by atoms with van der Waals surface area (Å²) in [4.78, 5) is 31.8. The van der Waals surface area contributed by atoms with E-state index in [9.17, 15) is 13.6 Å². The maximum absolute atomic E-state index is 14.7. The number of amidine groups is 1. The molecule has 1 unspecified atom stereocenters. The molecule has 0 bridgehead atoms. The maximum atomic E-state index is 14.7. The number of carbonyl (C=O) groups is 1. The first-order chi connectivity index (χ1) is 16.8. The topological polar surface area (TPSA) is 135 Å². The molecule has 12 heteroatoms. The summed E-state index contributed by atoms with van der Waals surface area (Å²) < 4.78 is 29.5. The monoisotopic (exact) mass is 502 g/mol. The van der Waals surface area contributed by atoms with Gasteiger partial charge in [-0.15, -0.1) is 11.3 Å². The van der Waals surface area contributed by atoms with Gasteiger partial charge in [-0.1, -0.05) is 12.8 Å². The fourth-order valence-electron chi connectivity index (χ4n) is 5.07. The van der Waals surface area contributed by atoms with Crippen molar-refractivity contribution in [3.05, 3.63) is 34.6 Å². The second-order valence-electron chi connectivity index (χ2n) is 9.22. The summed E-state index contributed by atoms with van der Waals surface area (Å²) in [7, 11) is 0. The minimum absolute atomic E-state index is 0.0569. The summed E-state index contributed by atoms with van der Waals surface area (Å²) in [5.41, 5.74) is 13.0. The molecule has 1 amide bonds. The van der Waals surface area contributed by atoms with Crippen LogP contribution in [0.4, 0.5) is 25.7 Å².